The number of carbonyl (C=O) groups excluding carboxylic acids is 1. The normalized spacial score (nSPS) is 14.6. The van der Waals surface area contributed by atoms with Crippen molar-refractivity contribution in [1.29, 1.82) is 0 Å². The molecule has 0 fully saturated rings. The molecule has 1 aromatic carbocycles. The van der Waals surface area contributed by atoms with E-state index in [-0.39, 0.29) is 24.4 Å². The van der Waals surface area contributed by atoms with Gasteiger partial charge in [0.1, 0.15) is 0 Å². The number of rotatable bonds is 5. The molecule has 1 atom stereocenters. The lowest BCUT2D eigenvalue weighted by molar-refractivity contribution is 0.0935. The molecule has 0 radical (unpaired) electrons. The van der Waals surface area contributed by atoms with Crippen molar-refractivity contribution in [2.24, 2.45) is 0 Å². The highest BCUT2D eigenvalue weighted by Crippen LogP contribution is 2.19. The van der Waals surface area contributed by atoms with Crippen LogP contribution in [-0.4, -0.2) is 48.2 Å². The predicted molar refractivity (Wildman–Crippen MR) is 101 cm³/mol. The largest absolute Gasteiger partial charge is 0.349 e. The molecule has 2 aromatic rings. The van der Waals surface area contributed by atoms with Gasteiger partial charge in [0.15, 0.2) is 5.69 Å². The number of carbonyl (C=O) groups is 1. The van der Waals surface area contributed by atoms with Crippen LogP contribution in [0, 0.1) is 6.92 Å². The second-order valence-electron chi connectivity index (χ2n) is 6.56. The molecule has 136 valence electrons. The Bertz CT molecular complexity index is 711. The molecule has 0 bridgehead atoms. The minimum atomic E-state index is -0.116. The van der Waals surface area contributed by atoms with Crippen molar-refractivity contribution in [3.05, 3.63) is 52.3 Å². The molecule has 3 rings (SSSR count). The van der Waals surface area contributed by atoms with E-state index in [0.29, 0.717) is 18.8 Å². The number of likely N-dealkylation sites (N-methyl/N-ethyl adjacent to an activating group) is 1. The van der Waals surface area contributed by atoms with Crippen LogP contribution in [0.15, 0.2) is 24.3 Å². The molecule has 6 nitrogen and oxygen atoms in total. The second-order valence-corrected chi connectivity index (χ2v) is 6.56. The molecule has 3 N–H and O–H groups in total. The molecule has 0 aliphatic carbocycles. The number of halogens is 1. The molecule has 1 aliphatic heterocycles. The van der Waals surface area contributed by atoms with Gasteiger partial charge in [-0.2, -0.15) is 5.10 Å². The molecule has 1 unspecified atom stereocenters. The van der Waals surface area contributed by atoms with E-state index < -0.39 is 0 Å². The van der Waals surface area contributed by atoms with Gasteiger partial charge in [-0.05, 0) is 26.6 Å². The zero-order valence-electron chi connectivity index (χ0n) is 14.9. The number of nitrogens with one attached hydrogen (secondary N) is 3. The number of H-pyrrole nitrogens is 1. The fourth-order valence-electron chi connectivity index (χ4n) is 3.07. The van der Waals surface area contributed by atoms with Gasteiger partial charge in [-0.3, -0.25) is 9.89 Å². The molecular formula is C18H26ClN5O. The fourth-order valence-corrected chi connectivity index (χ4v) is 3.07. The average Bonchev–Trinajstić information content (AvgIpc) is 3.00. The number of aromatic nitrogens is 2. The molecule has 0 spiro atoms. The maximum atomic E-state index is 12.6. The lowest BCUT2D eigenvalue weighted by atomic mass is 10.0. The molecule has 0 saturated carbocycles. The maximum Gasteiger partial charge on any atom is 0.272 e. The van der Waals surface area contributed by atoms with E-state index in [1.165, 1.54) is 11.1 Å². The third-order valence-corrected chi connectivity index (χ3v) is 4.56. The predicted octanol–water partition coefficient (Wildman–Crippen LogP) is 1.82. The van der Waals surface area contributed by atoms with Crippen LogP contribution in [-0.2, 0) is 13.0 Å². The van der Waals surface area contributed by atoms with Crippen molar-refractivity contribution in [3.63, 3.8) is 0 Å². The standard InChI is InChI=1S/C18H25N5O.ClH/c1-12-4-6-13(7-5-12)16(23(2)3)11-20-18(24)17-14-10-19-9-8-15(14)21-22-17;/h4-7,16,19H,8-11H2,1-3H3,(H,20,24)(H,21,22);1H. The Labute approximate surface area is 154 Å². The smallest absolute Gasteiger partial charge is 0.272 e. The van der Waals surface area contributed by atoms with Gasteiger partial charge < -0.3 is 15.5 Å². The molecular weight excluding hydrogens is 338 g/mol. The lowest BCUT2D eigenvalue weighted by Gasteiger charge is -2.25. The van der Waals surface area contributed by atoms with Gasteiger partial charge in [0.25, 0.3) is 5.91 Å². The zero-order valence-corrected chi connectivity index (χ0v) is 15.7. The first-order valence-electron chi connectivity index (χ1n) is 8.34. The number of aryl methyl sites for hydroxylation is 1. The van der Waals surface area contributed by atoms with Gasteiger partial charge in [-0.1, -0.05) is 29.8 Å². The topological polar surface area (TPSA) is 73.0 Å². The number of amides is 1. The average molecular weight is 364 g/mol. The Hall–Kier alpha value is -1.89. The molecule has 1 amide bonds. The van der Waals surface area contributed by atoms with Crippen LogP contribution >= 0.6 is 12.4 Å². The van der Waals surface area contributed by atoms with Gasteiger partial charge >= 0.3 is 0 Å². The van der Waals surface area contributed by atoms with E-state index in [0.717, 1.165) is 24.2 Å². The summed E-state index contributed by atoms with van der Waals surface area (Å²) < 4.78 is 0. The van der Waals surface area contributed by atoms with Crippen LogP contribution in [0.3, 0.4) is 0 Å². The molecule has 2 heterocycles. The van der Waals surface area contributed by atoms with Gasteiger partial charge in [-0.15, -0.1) is 12.4 Å². The first kappa shape index (κ1) is 19.4. The summed E-state index contributed by atoms with van der Waals surface area (Å²) in [5.41, 5.74) is 5.00. The van der Waals surface area contributed by atoms with Crippen LogP contribution in [0.2, 0.25) is 0 Å². The SMILES string of the molecule is Cc1ccc(C(CNC(=O)c2n[nH]c3c2CNCC3)N(C)C)cc1.Cl. The number of aromatic amines is 1. The third-order valence-electron chi connectivity index (χ3n) is 4.56. The third kappa shape index (κ3) is 4.39. The van der Waals surface area contributed by atoms with Crippen LogP contribution in [0.4, 0.5) is 0 Å². The monoisotopic (exact) mass is 363 g/mol. The first-order valence-corrected chi connectivity index (χ1v) is 8.34. The summed E-state index contributed by atoms with van der Waals surface area (Å²) in [6.07, 6.45) is 0.888. The Morgan fingerprint density at radius 1 is 1.32 bits per heavy atom. The Morgan fingerprint density at radius 3 is 2.72 bits per heavy atom. The maximum absolute atomic E-state index is 12.6. The summed E-state index contributed by atoms with van der Waals surface area (Å²) in [6, 6.07) is 8.56. The molecule has 1 aromatic heterocycles. The Morgan fingerprint density at radius 2 is 2.04 bits per heavy atom. The quantitative estimate of drug-likeness (QED) is 0.757. The van der Waals surface area contributed by atoms with Crippen molar-refractivity contribution in [2.45, 2.75) is 25.9 Å². The number of nitrogens with zero attached hydrogens (tertiary/aromatic N) is 2. The van der Waals surface area contributed by atoms with Crippen LogP contribution in [0.1, 0.15) is 38.9 Å². The van der Waals surface area contributed by atoms with Crippen molar-refractivity contribution in [2.75, 3.05) is 27.2 Å². The van der Waals surface area contributed by atoms with Crippen LogP contribution in [0.25, 0.3) is 0 Å². The van der Waals surface area contributed by atoms with Gasteiger partial charge in [0.05, 0.1) is 6.04 Å². The summed E-state index contributed by atoms with van der Waals surface area (Å²) in [4.78, 5) is 14.7. The highest BCUT2D eigenvalue weighted by molar-refractivity contribution is 5.94. The minimum absolute atomic E-state index is 0. The van der Waals surface area contributed by atoms with E-state index in [4.69, 9.17) is 0 Å². The molecule has 25 heavy (non-hydrogen) atoms. The lowest BCUT2D eigenvalue weighted by Crippen LogP contribution is -2.35. The van der Waals surface area contributed by atoms with Gasteiger partial charge in [0.2, 0.25) is 0 Å². The first-order chi connectivity index (χ1) is 11.6. The number of fused-ring (bicyclic) bond motifs is 1. The highest BCUT2D eigenvalue weighted by Gasteiger charge is 2.22. The summed E-state index contributed by atoms with van der Waals surface area (Å²) in [7, 11) is 4.05. The fraction of sp³-hybridized carbons (Fsp3) is 0.444. The van der Waals surface area contributed by atoms with Crippen molar-refractivity contribution in [1.82, 2.24) is 25.7 Å². The van der Waals surface area contributed by atoms with E-state index in [1.807, 2.05) is 14.1 Å². The minimum Gasteiger partial charge on any atom is -0.349 e. The van der Waals surface area contributed by atoms with Gasteiger partial charge in [0, 0.05) is 37.3 Å². The summed E-state index contributed by atoms with van der Waals surface area (Å²) in [5, 5.41) is 13.5. The van der Waals surface area contributed by atoms with E-state index >= 15 is 0 Å². The van der Waals surface area contributed by atoms with Gasteiger partial charge in [-0.25, -0.2) is 0 Å². The number of hydrogen-bond donors (Lipinski definition) is 3. The highest BCUT2D eigenvalue weighted by atomic mass is 35.5. The van der Waals surface area contributed by atoms with E-state index in [2.05, 4.69) is 56.9 Å². The molecule has 0 saturated heterocycles. The molecule has 1 aliphatic rings. The van der Waals surface area contributed by atoms with Crippen LogP contribution < -0.4 is 10.6 Å². The second kappa shape index (κ2) is 8.47. The van der Waals surface area contributed by atoms with Crippen molar-refractivity contribution in [3.8, 4) is 0 Å². The van der Waals surface area contributed by atoms with E-state index in [9.17, 15) is 4.79 Å². The summed E-state index contributed by atoms with van der Waals surface area (Å²) in [5.74, 6) is -0.116. The van der Waals surface area contributed by atoms with Crippen molar-refractivity contribution >= 4 is 18.3 Å². The number of benzene rings is 1. The van der Waals surface area contributed by atoms with Crippen LogP contribution in [0.5, 0.6) is 0 Å². The van der Waals surface area contributed by atoms with Crippen molar-refractivity contribution < 1.29 is 4.79 Å². The number of hydrogen-bond acceptors (Lipinski definition) is 4. The summed E-state index contributed by atoms with van der Waals surface area (Å²) in [6.45, 7) is 4.24. The Balaban J connectivity index is 0.00000225. The zero-order chi connectivity index (χ0) is 17.1. The summed E-state index contributed by atoms with van der Waals surface area (Å²) >= 11 is 0. The Kier molecular flexibility index (Phi) is 6.58. The van der Waals surface area contributed by atoms with E-state index in [1.54, 1.807) is 0 Å². The molecule has 7 heteroatoms.